The van der Waals surface area contributed by atoms with Crippen LogP contribution in [0, 0.1) is 12.8 Å². The van der Waals surface area contributed by atoms with Crippen molar-refractivity contribution in [2.45, 2.75) is 19.9 Å². The number of carboxylic acids is 1. The van der Waals surface area contributed by atoms with E-state index >= 15 is 0 Å². The zero-order valence-electron chi connectivity index (χ0n) is 9.32. The van der Waals surface area contributed by atoms with Gasteiger partial charge < -0.3 is 10.4 Å². The average molecular weight is 207 g/mol. The van der Waals surface area contributed by atoms with Crippen molar-refractivity contribution in [1.82, 2.24) is 5.32 Å². The summed E-state index contributed by atoms with van der Waals surface area (Å²) in [7, 11) is 1.78. The average Bonchev–Trinajstić information content (AvgIpc) is 2.21. The van der Waals surface area contributed by atoms with Gasteiger partial charge in [-0.05, 0) is 19.5 Å². The number of aliphatic carboxylic acids is 1. The van der Waals surface area contributed by atoms with Crippen molar-refractivity contribution in [3.8, 4) is 0 Å². The van der Waals surface area contributed by atoms with Crippen molar-refractivity contribution in [3.05, 3.63) is 35.4 Å². The number of aryl methyl sites for hydroxylation is 1. The molecule has 0 fully saturated rings. The number of benzene rings is 1. The van der Waals surface area contributed by atoms with Gasteiger partial charge in [0, 0.05) is 6.04 Å². The van der Waals surface area contributed by atoms with Gasteiger partial charge >= 0.3 is 5.97 Å². The minimum Gasteiger partial charge on any atom is -0.481 e. The van der Waals surface area contributed by atoms with E-state index in [4.69, 9.17) is 5.11 Å². The normalized spacial score (nSPS) is 14.6. The first kappa shape index (κ1) is 11.7. The van der Waals surface area contributed by atoms with E-state index in [1.807, 2.05) is 31.2 Å². The second kappa shape index (κ2) is 4.94. The van der Waals surface area contributed by atoms with Gasteiger partial charge in [-0.15, -0.1) is 0 Å². The molecule has 82 valence electrons. The smallest absolute Gasteiger partial charge is 0.308 e. The molecule has 0 heterocycles. The summed E-state index contributed by atoms with van der Waals surface area (Å²) < 4.78 is 0. The van der Waals surface area contributed by atoms with Crippen molar-refractivity contribution in [3.63, 3.8) is 0 Å². The Morgan fingerprint density at radius 2 is 1.87 bits per heavy atom. The van der Waals surface area contributed by atoms with E-state index in [1.54, 1.807) is 14.0 Å². The molecule has 2 N–H and O–H groups in total. The number of nitrogens with one attached hydrogen (secondary N) is 1. The Kier molecular flexibility index (Phi) is 3.86. The molecular weight excluding hydrogens is 190 g/mol. The Morgan fingerprint density at radius 3 is 2.27 bits per heavy atom. The highest BCUT2D eigenvalue weighted by atomic mass is 16.4. The topological polar surface area (TPSA) is 49.3 Å². The van der Waals surface area contributed by atoms with Gasteiger partial charge in [0.05, 0.1) is 5.92 Å². The lowest BCUT2D eigenvalue weighted by Gasteiger charge is -2.20. The van der Waals surface area contributed by atoms with Crippen molar-refractivity contribution in [2.24, 2.45) is 5.92 Å². The van der Waals surface area contributed by atoms with Crippen LogP contribution in [0.5, 0.6) is 0 Å². The second-order valence-corrected chi connectivity index (χ2v) is 3.80. The van der Waals surface area contributed by atoms with Crippen molar-refractivity contribution in [2.75, 3.05) is 7.05 Å². The maximum absolute atomic E-state index is 10.9. The van der Waals surface area contributed by atoms with Gasteiger partial charge in [0.25, 0.3) is 0 Å². The number of carboxylic acid groups (broad SMARTS) is 1. The monoisotopic (exact) mass is 207 g/mol. The number of hydrogen-bond donors (Lipinski definition) is 2. The Morgan fingerprint density at radius 1 is 1.33 bits per heavy atom. The fourth-order valence-corrected chi connectivity index (χ4v) is 1.62. The van der Waals surface area contributed by atoms with Gasteiger partial charge in [0.2, 0.25) is 0 Å². The summed E-state index contributed by atoms with van der Waals surface area (Å²) >= 11 is 0. The predicted octanol–water partition coefficient (Wildman–Crippen LogP) is 1.98. The first-order valence-electron chi connectivity index (χ1n) is 5.03. The summed E-state index contributed by atoms with van der Waals surface area (Å²) in [6.07, 6.45) is 0. The van der Waals surface area contributed by atoms with Crippen LogP contribution in [0.15, 0.2) is 24.3 Å². The molecule has 0 spiro atoms. The van der Waals surface area contributed by atoms with Crippen LogP contribution >= 0.6 is 0 Å². The van der Waals surface area contributed by atoms with E-state index < -0.39 is 11.9 Å². The van der Waals surface area contributed by atoms with Crippen LogP contribution in [0.4, 0.5) is 0 Å². The third kappa shape index (κ3) is 2.80. The summed E-state index contributed by atoms with van der Waals surface area (Å²) in [6, 6.07) is 7.79. The summed E-state index contributed by atoms with van der Waals surface area (Å²) in [6.45, 7) is 3.72. The maximum Gasteiger partial charge on any atom is 0.308 e. The summed E-state index contributed by atoms with van der Waals surface area (Å²) in [4.78, 5) is 10.9. The molecule has 1 rings (SSSR count). The van der Waals surface area contributed by atoms with Crippen molar-refractivity contribution >= 4 is 5.97 Å². The van der Waals surface area contributed by atoms with Crippen LogP contribution in [0.25, 0.3) is 0 Å². The zero-order chi connectivity index (χ0) is 11.4. The minimum atomic E-state index is -0.782. The SMILES string of the molecule is CNC(c1ccc(C)cc1)C(C)C(=O)O. The first-order valence-corrected chi connectivity index (χ1v) is 5.03. The van der Waals surface area contributed by atoms with E-state index in [9.17, 15) is 4.79 Å². The Labute approximate surface area is 90.1 Å². The third-order valence-corrected chi connectivity index (χ3v) is 2.64. The van der Waals surface area contributed by atoms with E-state index in [1.165, 1.54) is 5.56 Å². The Balaban J connectivity index is 2.92. The van der Waals surface area contributed by atoms with E-state index in [2.05, 4.69) is 5.32 Å². The Hall–Kier alpha value is -1.35. The molecule has 15 heavy (non-hydrogen) atoms. The molecule has 1 aromatic rings. The third-order valence-electron chi connectivity index (χ3n) is 2.64. The van der Waals surface area contributed by atoms with Crippen LogP contribution < -0.4 is 5.32 Å². The number of carbonyl (C=O) groups is 1. The van der Waals surface area contributed by atoms with Crippen molar-refractivity contribution in [1.29, 1.82) is 0 Å². The molecule has 2 unspecified atom stereocenters. The highest BCUT2D eigenvalue weighted by molar-refractivity contribution is 5.70. The molecule has 3 heteroatoms. The molecule has 1 aromatic carbocycles. The summed E-state index contributed by atoms with van der Waals surface area (Å²) in [5.41, 5.74) is 2.19. The lowest BCUT2D eigenvalue weighted by Crippen LogP contribution is -2.28. The molecule has 0 aliphatic rings. The maximum atomic E-state index is 10.9. The largest absolute Gasteiger partial charge is 0.481 e. The van der Waals surface area contributed by atoms with Crippen LogP contribution in [-0.2, 0) is 4.79 Å². The molecule has 0 radical (unpaired) electrons. The quantitative estimate of drug-likeness (QED) is 0.793. The zero-order valence-corrected chi connectivity index (χ0v) is 9.32. The van der Waals surface area contributed by atoms with E-state index in [0.717, 1.165) is 5.56 Å². The molecule has 2 atom stereocenters. The highest BCUT2D eigenvalue weighted by Gasteiger charge is 2.23. The molecule has 3 nitrogen and oxygen atoms in total. The van der Waals surface area contributed by atoms with Gasteiger partial charge in [-0.3, -0.25) is 4.79 Å². The molecule has 0 aliphatic heterocycles. The number of rotatable bonds is 4. The van der Waals surface area contributed by atoms with E-state index in [0.29, 0.717) is 0 Å². The fourth-order valence-electron chi connectivity index (χ4n) is 1.62. The fraction of sp³-hybridized carbons (Fsp3) is 0.417. The standard InChI is InChI=1S/C12H17NO2/c1-8-4-6-10(7-5-8)11(13-3)9(2)12(14)15/h4-7,9,11,13H,1-3H3,(H,14,15). The van der Waals surface area contributed by atoms with Crippen LogP contribution in [0.1, 0.15) is 24.1 Å². The molecule has 0 aromatic heterocycles. The van der Waals surface area contributed by atoms with E-state index in [-0.39, 0.29) is 6.04 Å². The molecular formula is C12H17NO2. The van der Waals surface area contributed by atoms with Gasteiger partial charge in [-0.2, -0.15) is 0 Å². The van der Waals surface area contributed by atoms with Crippen LogP contribution in [0.2, 0.25) is 0 Å². The lowest BCUT2D eigenvalue weighted by atomic mass is 9.94. The van der Waals surface area contributed by atoms with Gasteiger partial charge in [0.15, 0.2) is 0 Å². The number of hydrogen-bond acceptors (Lipinski definition) is 2. The predicted molar refractivity (Wildman–Crippen MR) is 59.8 cm³/mol. The minimum absolute atomic E-state index is 0.136. The van der Waals surface area contributed by atoms with Crippen molar-refractivity contribution < 1.29 is 9.90 Å². The molecule has 0 aliphatic carbocycles. The molecule has 0 bridgehead atoms. The Bertz CT molecular complexity index is 332. The van der Waals surface area contributed by atoms with Crippen LogP contribution in [0.3, 0.4) is 0 Å². The lowest BCUT2D eigenvalue weighted by molar-refractivity contribution is -0.142. The first-order chi connectivity index (χ1) is 7.06. The second-order valence-electron chi connectivity index (χ2n) is 3.80. The molecule has 0 saturated carbocycles. The summed E-state index contributed by atoms with van der Waals surface area (Å²) in [5, 5.41) is 12.0. The van der Waals surface area contributed by atoms with Gasteiger partial charge in [-0.25, -0.2) is 0 Å². The molecule has 0 saturated heterocycles. The molecule has 0 amide bonds. The van der Waals surface area contributed by atoms with Gasteiger partial charge in [0.1, 0.15) is 0 Å². The van der Waals surface area contributed by atoms with Gasteiger partial charge in [-0.1, -0.05) is 36.8 Å². The van der Waals surface area contributed by atoms with Crippen LogP contribution in [-0.4, -0.2) is 18.1 Å². The highest BCUT2D eigenvalue weighted by Crippen LogP contribution is 2.21. The summed E-state index contributed by atoms with van der Waals surface area (Å²) in [5.74, 6) is -1.22.